The minimum Gasteiger partial charge on any atom is -0.481 e. The van der Waals surface area contributed by atoms with Crippen molar-refractivity contribution in [1.29, 1.82) is 0 Å². The number of carboxylic acid groups (broad SMARTS) is 1. The normalized spacial score (nSPS) is 12.2. The summed E-state index contributed by atoms with van der Waals surface area (Å²) in [6, 6.07) is 5.42. The third kappa shape index (κ3) is 5.85. The second kappa shape index (κ2) is 8.14. The van der Waals surface area contributed by atoms with Crippen molar-refractivity contribution < 1.29 is 14.7 Å². The third-order valence-electron chi connectivity index (χ3n) is 3.29. The fourth-order valence-electron chi connectivity index (χ4n) is 2.07. The van der Waals surface area contributed by atoms with Crippen LogP contribution in [0, 0.1) is 6.92 Å². The molecule has 21 heavy (non-hydrogen) atoms. The lowest BCUT2D eigenvalue weighted by atomic mass is 10.2. The standard InChI is InChI=1S/C15H21BrN2O3/c1-4-18(11(3)8-15(20)21)9-14(19)17-12-5-6-13(16)10(2)7-12/h5-7,11H,4,8-9H2,1-3H3,(H,17,19)(H,20,21). The van der Waals surface area contributed by atoms with Crippen LogP contribution in [0.3, 0.4) is 0 Å². The second-order valence-electron chi connectivity index (χ2n) is 5.02. The number of aryl methyl sites for hydroxylation is 1. The molecule has 0 saturated heterocycles. The number of halogens is 1. The number of hydrogen-bond acceptors (Lipinski definition) is 3. The molecule has 0 fully saturated rings. The van der Waals surface area contributed by atoms with Gasteiger partial charge in [0.15, 0.2) is 0 Å². The predicted molar refractivity (Wildman–Crippen MR) is 86.5 cm³/mol. The van der Waals surface area contributed by atoms with Crippen LogP contribution in [-0.4, -0.2) is 41.0 Å². The average Bonchev–Trinajstić information content (AvgIpc) is 2.39. The van der Waals surface area contributed by atoms with Gasteiger partial charge in [-0.15, -0.1) is 0 Å². The van der Waals surface area contributed by atoms with Crippen molar-refractivity contribution in [1.82, 2.24) is 4.90 Å². The molecule has 1 atom stereocenters. The highest BCUT2D eigenvalue weighted by Crippen LogP contribution is 2.20. The molecule has 2 N–H and O–H groups in total. The maximum Gasteiger partial charge on any atom is 0.304 e. The molecule has 1 unspecified atom stereocenters. The van der Waals surface area contributed by atoms with E-state index in [1.165, 1.54) is 0 Å². The molecule has 0 aliphatic rings. The molecule has 1 aromatic carbocycles. The second-order valence-corrected chi connectivity index (χ2v) is 5.88. The summed E-state index contributed by atoms with van der Waals surface area (Å²) in [7, 11) is 0. The number of anilines is 1. The summed E-state index contributed by atoms with van der Waals surface area (Å²) < 4.78 is 0.991. The first-order valence-corrected chi connectivity index (χ1v) is 7.64. The van der Waals surface area contributed by atoms with Gasteiger partial charge in [0.2, 0.25) is 5.91 Å². The molecule has 5 nitrogen and oxygen atoms in total. The Labute approximate surface area is 133 Å². The largest absolute Gasteiger partial charge is 0.481 e. The Morgan fingerprint density at radius 2 is 2.10 bits per heavy atom. The van der Waals surface area contributed by atoms with E-state index in [2.05, 4.69) is 21.2 Å². The highest BCUT2D eigenvalue weighted by Gasteiger charge is 2.18. The van der Waals surface area contributed by atoms with E-state index in [4.69, 9.17) is 5.11 Å². The minimum atomic E-state index is -0.857. The van der Waals surface area contributed by atoms with Gasteiger partial charge in [-0.2, -0.15) is 0 Å². The summed E-state index contributed by atoms with van der Waals surface area (Å²) in [6.45, 7) is 6.48. The van der Waals surface area contributed by atoms with Crippen LogP contribution in [0.2, 0.25) is 0 Å². The molecule has 1 amide bonds. The van der Waals surface area contributed by atoms with Gasteiger partial charge in [-0.05, 0) is 44.2 Å². The van der Waals surface area contributed by atoms with Crippen molar-refractivity contribution in [2.45, 2.75) is 33.2 Å². The van der Waals surface area contributed by atoms with Crippen LogP contribution < -0.4 is 5.32 Å². The first kappa shape index (κ1) is 17.7. The smallest absolute Gasteiger partial charge is 0.304 e. The van der Waals surface area contributed by atoms with E-state index >= 15 is 0 Å². The summed E-state index contributed by atoms with van der Waals surface area (Å²) >= 11 is 3.41. The molecule has 0 heterocycles. The van der Waals surface area contributed by atoms with E-state index in [9.17, 15) is 9.59 Å². The van der Waals surface area contributed by atoms with Crippen molar-refractivity contribution in [3.05, 3.63) is 28.2 Å². The van der Waals surface area contributed by atoms with Crippen molar-refractivity contribution in [2.24, 2.45) is 0 Å². The average molecular weight is 357 g/mol. The number of nitrogens with zero attached hydrogens (tertiary/aromatic N) is 1. The Kier molecular flexibility index (Phi) is 6.84. The summed E-state index contributed by atoms with van der Waals surface area (Å²) in [5.41, 5.74) is 1.78. The van der Waals surface area contributed by atoms with E-state index < -0.39 is 5.97 Å². The molecule has 1 aromatic rings. The Morgan fingerprint density at radius 3 is 2.62 bits per heavy atom. The highest BCUT2D eigenvalue weighted by atomic mass is 79.9. The summed E-state index contributed by atoms with van der Waals surface area (Å²) in [4.78, 5) is 24.6. The number of carbonyl (C=O) groups excluding carboxylic acids is 1. The van der Waals surface area contributed by atoms with Gasteiger partial charge in [-0.25, -0.2) is 0 Å². The number of aliphatic carboxylic acids is 1. The number of nitrogens with one attached hydrogen (secondary N) is 1. The fraction of sp³-hybridized carbons (Fsp3) is 0.467. The molecule has 0 aliphatic carbocycles. The van der Waals surface area contributed by atoms with Gasteiger partial charge in [0, 0.05) is 16.2 Å². The topological polar surface area (TPSA) is 69.6 Å². The molecular formula is C15H21BrN2O3. The van der Waals surface area contributed by atoms with Crippen LogP contribution >= 0.6 is 15.9 Å². The van der Waals surface area contributed by atoms with E-state index in [1.807, 2.05) is 43.9 Å². The van der Waals surface area contributed by atoms with Gasteiger partial charge < -0.3 is 10.4 Å². The van der Waals surface area contributed by atoms with Crippen molar-refractivity contribution in [3.8, 4) is 0 Å². The lowest BCUT2D eigenvalue weighted by Crippen LogP contribution is -2.40. The Bertz CT molecular complexity index is 520. The zero-order valence-electron chi connectivity index (χ0n) is 12.5. The van der Waals surface area contributed by atoms with Crippen LogP contribution in [0.1, 0.15) is 25.8 Å². The number of benzene rings is 1. The Balaban J connectivity index is 2.62. The Hall–Kier alpha value is -1.40. The number of likely N-dealkylation sites (N-methyl/N-ethyl adjacent to an activating group) is 1. The fourth-order valence-corrected chi connectivity index (χ4v) is 2.32. The predicted octanol–water partition coefficient (Wildman–Crippen LogP) is 2.88. The van der Waals surface area contributed by atoms with Crippen LogP contribution in [0.15, 0.2) is 22.7 Å². The lowest BCUT2D eigenvalue weighted by molar-refractivity contribution is -0.138. The van der Waals surface area contributed by atoms with E-state index in [-0.39, 0.29) is 24.9 Å². The van der Waals surface area contributed by atoms with Gasteiger partial charge >= 0.3 is 5.97 Å². The van der Waals surface area contributed by atoms with E-state index in [0.717, 1.165) is 15.7 Å². The minimum absolute atomic E-state index is 0.0263. The highest BCUT2D eigenvalue weighted by molar-refractivity contribution is 9.10. The monoisotopic (exact) mass is 356 g/mol. The lowest BCUT2D eigenvalue weighted by Gasteiger charge is -2.26. The molecular weight excluding hydrogens is 336 g/mol. The molecule has 0 bridgehead atoms. The van der Waals surface area contributed by atoms with Gasteiger partial charge in [-0.1, -0.05) is 22.9 Å². The van der Waals surface area contributed by atoms with Crippen LogP contribution in [0.4, 0.5) is 5.69 Å². The van der Waals surface area contributed by atoms with Crippen molar-refractivity contribution in [2.75, 3.05) is 18.4 Å². The van der Waals surface area contributed by atoms with Gasteiger partial charge in [0.1, 0.15) is 0 Å². The first-order valence-electron chi connectivity index (χ1n) is 6.85. The van der Waals surface area contributed by atoms with Gasteiger partial charge in [-0.3, -0.25) is 14.5 Å². The number of amides is 1. The summed E-state index contributed by atoms with van der Waals surface area (Å²) in [5.74, 6) is -0.999. The van der Waals surface area contributed by atoms with Crippen molar-refractivity contribution in [3.63, 3.8) is 0 Å². The summed E-state index contributed by atoms with van der Waals surface area (Å²) in [6.07, 6.45) is 0.0263. The molecule has 0 aliphatic heterocycles. The maximum absolute atomic E-state index is 12.1. The molecule has 0 saturated carbocycles. The number of carboxylic acids is 1. The van der Waals surface area contributed by atoms with E-state index in [0.29, 0.717) is 6.54 Å². The third-order valence-corrected chi connectivity index (χ3v) is 4.18. The zero-order valence-corrected chi connectivity index (χ0v) is 14.1. The zero-order chi connectivity index (χ0) is 16.0. The SMILES string of the molecule is CCN(CC(=O)Nc1ccc(Br)c(C)c1)C(C)CC(=O)O. The molecule has 6 heteroatoms. The Morgan fingerprint density at radius 1 is 1.43 bits per heavy atom. The van der Waals surface area contributed by atoms with Gasteiger partial charge in [0.25, 0.3) is 0 Å². The first-order chi connectivity index (χ1) is 9.83. The number of hydrogen-bond donors (Lipinski definition) is 2. The summed E-state index contributed by atoms with van der Waals surface area (Å²) in [5, 5.41) is 11.7. The van der Waals surface area contributed by atoms with E-state index in [1.54, 1.807) is 0 Å². The van der Waals surface area contributed by atoms with Gasteiger partial charge in [0.05, 0.1) is 13.0 Å². The van der Waals surface area contributed by atoms with Crippen LogP contribution in [0.25, 0.3) is 0 Å². The quantitative estimate of drug-likeness (QED) is 0.787. The van der Waals surface area contributed by atoms with Crippen molar-refractivity contribution >= 4 is 33.5 Å². The molecule has 116 valence electrons. The number of rotatable bonds is 7. The molecule has 0 spiro atoms. The molecule has 1 rings (SSSR count). The van der Waals surface area contributed by atoms with Crippen LogP contribution in [-0.2, 0) is 9.59 Å². The molecule has 0 aromatic heterocycles. The molecule has 0 radical (unpaired) electrons. The maximum atomic E-state index is 12.1. The van der Waals surface area contributed by atoms with Crippen LogP contribution in [0.5, 0.6) is 0 Å². The number of carbonyl (C=O) groups is 2.